The lowest BCUT2D eigenvalue weighted by Gasteiger charge is -2.24. The fourth-order valence-electron chi connectivity index (χ4n) is 3.73. The van der Waals surface area contributed by atoms with E-state index in [1.807, 2.05) is 25.4 Å². The molecule has 0 saturated carbocycles. The lowest BCUT2D eigenvalue weighted by molar-refractivity contribution is 0.455. The third-order valence-electron chi connectivity index (χ3n) is 5.64. The molecule has 2 atom stereocenters. The fourth-order valence-corrected chi connectivity index (χ4v) is 3.73. The first-order chi connectivity index (χ1) is 15.0. The Kier molecular flexibility index (Phi) is 9.76. The SMILES string of the molecule is C=C/C=C(\C=C/C)CN(CC)c1nc(N[C@H](C)CC)nc2c1ncn2C(CC)CCC. The summed E-state index contributed by atoms with van der Waals surface area (Å²) in [6.07, 6.45) is 14.3. The summed E-state index contributed by atoms with van der Waals surface area (Å²) < 4.78 is 2.24. The van der Waals surface area contributed by atoms with Crippen molar-refractivity contribution in [3.05, 3.63) is 42.8 Å². The number of likely N-dealkylation sites (N-methyl/N-ethyl adjacent to an activating group) is 1. The van der Waals surface area contributed by atoms with Crippen LogP contribution in [0.1, 0.15) is 73.3 Å². The van der Waals surface area contributed by atoms with E-state index < -0.39 is 0 Å². The minimum Gasteiger partial charge on any atom is -0.352 e. The molecule has 31 heavy (non-hydrogen) atoms. The Bertz CT molecular complexity index is 895. The van der Waals surface area contributed by atoms with Gasteiger partial charge in [0.2, 0.25) is 5.95 Å². The summed E-state index contributed by atoms with van der Waals surface area (Å²) in [5.74, 6) is 1.55. The Balaban J connectivity index is 2.62. The number of allylic oxidation sites excluding steroid dienone is 3. The van der Waals surface area contributed by atoms with Crippen LogP contribution >= 0.6 is 0 Å². The van der Waals surface area contributed by atoms with Gasteiger partial charge in [0.1, 0.15) is 0 Å². The molecule has 0 aliphatic carbocycles. The molecule has 2 heterocycles. The van der Waals surface area contributed by atoms with Crippen molar-refractivity contribution in [3.63, 3.8) is 0 Å². The molecule has 0 aromatic carbocycles. The molecule has 0 aliphatic heterocycles. The van der Waals surface area contributed by atoms with Crippen LogP contribution in [0.25, 0.3) is 11.2 Å². The number of hydrogen-bond acceptors (Lipinski definition) is 5. The molecule has 1 unspecified atom stereocenters. The zero-order chi connectivity index (χ0) is 22.8. The van der Waals surface area contributed by atoms with Crippen molar-refractivity contribution in [2.75, 3.05) is 23.3 Å². The largest absolute Gasteiger partial charge is 0.352 e. The predicted molar refractivity (Wildman–Crippen MR) is 134 cm³/mol. The fraction of sp³-hybridized carbons (Fsp3) is 0.560. The molecular formula is C25H40N6. The molecule has 2 aromatic rings. The molecule has 1 N–H and O–H groups in total. The van der Waals surface area contributed by atoms with Crippen molar-refractivity contribution in [3.8, 4) is 0 Å². The molecule has 0 amide bonds. The van der Waals surface area contributed by atoms with Gasteiger partial charge in [-0.05, 0) is 45.6 Å². The van der Waals surface area contributed by atoms with Gasteiger partial charge in [0, 0.05) is 25.2 Å². The highest BCUT2D eigenvalue weighted by Crippen LogP contribution is 2.29. The van der Waals surface area contributed by atoms with E-state index in [9.17, 15) is 0 Å². The summed E-state index contributed by atoms with van der Waals surface area (Å²) >= 11 is 0. The first-order valence-corrected chi connectivity index (χ1v) is 11.7. The second-order valence-electron chi connectivity index (χ2n) is 7.99. The molecule has 170 valence electrons. The van der Waals surface area contributed by atoms with Crippen molar-refractivity contribution < 1.29 is 0 Å². The molecule has 2 rings (SSSR count). The first kappa shape index (κ1) is 24.6. The molecule has 0 fully saturated rings. The number of aromatic nitrogens is 4. The average molecular weight is 425 g/mol. The van der Waals surface area contributed by atoms with Crippen LogP contribution in [0.4, 0.5) is 11.8 Å². The van der Waals surface area contributed by atoms with Gasteiger partial charge < -0.3 is 14.8 Å². The Morgan fingerprint density at radius 1 is 1.23 bits per heavy atom. The van der Waals surface area contributed by atoms with Gasteiger partial charge in [0.15, 0.2) is 17.0 Å². The van der Waals surface area contributed by atoms with Crippen LogP contribution in [0, 0.1) is 0 Å². The Morgan fingerprint density at radius 2 is 2.00 bits per heavy atom. The summed E-state index contributed by atoms with van der Waals surface area (Å²) in [6.45, 7) is 18.4. The summed E-state index contributed by atoms with van der Waals surface area (Å²) in [5, 5.41) is 3.48. The van der Waals surface area contributed by atoms with E-state index in [2.05, 4.69) is 68.1 Å². The van der Waals surface area contributed by atoms with Crippen LogP contribution in [-0.4, -0.2) is 38.7 Å². The van der Waals surface area contributed by atoms with Crippen LogP contribution in [-0.2, 0) is 0 Å². The van der Waals surface area contributed by atoms with E-state index in [1.54, 1.807) is 0 Å². The topological polar surface area (TPSA) is 58.9 Å². The van der Waals surface area contributed by atoms with Crippen molar-refractivity contribution in [2.24, 2.45) is 0 Å². The number of nitrogens with one attached hydrogen (secondary N) is 1. The van der Waals surface area contributed by atoms with Crippen LogP contribution in [0.2, 0.25) is 0 Å². The van der Waals surface area contributed by atoms with Crippen molar-refractivity contribution in [1.29, 1.82) is 0 Å². The maximum absolute atomic E-state index is 4.93. The quantitative estimate of drug-likeness (QED) is 0.382. The monoisotopic (exact) mass is 424 g/mol. The third kappa shape index (κ3) is 6.18. The second-order valence-corrected chi connectivity index (χ2v) is 7.99. The standard InChI is InChI=1S/C25H40N6/c1-8-14-20(15-9-2)17-30(13-6)23-22-24(29-25(28-23)27-19(7)11-4)31(18-26-22)21(12-5)16-10-3/h8-9,14-15,18-19,21H,1,10-13,16-17H2,2-7H3,(H,27,28,29)/b15-9-,20-14+/t19-,21?/m1/s1. The Hall–Kier alpha value is -2.63. The van der Waals surface area contributed by atoms with Crippen LogP contribution in [0.15, 0.2) is 42.8 Å². The van der Waals surface area contributed by atoms with Gasteiger partial charge in [-0.3, -0.25) is 0 Å². The summed E-state index contributed by atoms with van der Waals surface area (Å²) in [6, 6.07) is 0.692. The zero-order valence-electron chi connectivity index (χ0n) is 20.2. The maximum atomic E-state index is 4.93. The van der Waals surface area contributed by atoms with Crippen LogP contribution in [0.3, 0.4) is 0 Å². The normalized spacial score (nSPS) is 14.2. The molecule has 6 nitrogen and oxygen atoms in total. The van der Waals surface area contributed by atoms with Gasteiger partial charge >= 0.3 is 0 Å². The molecule has 0 aliphatic rings. The smallest absolute Gasteiger partial charge is 0.227 e. The van der Waals surface area contributed by atoms with Gasteiger partial charge in [-0.1, -0.05) is 58.1 Å². The first-order valence-electron chi connectivity index (χ1n) is 11.7. The number of rotatable bonds is 13. The summed E-state index contributed by atoms with van der Waals surface area (Å²) in [5.41, 5.74) is 2.96. The predicted octanol–water partition coefficient (Wildman–Crippen LogP) is 6.30. The second kappa shape index (κ2) is 12.3. The number of imidazole rings is 1. The number of hydrogen-bond donors (Lipinski definition) is 1. The molecule has 0 bridgehead atoms. The highest BCUT2D eigenvalue weighted by atomic mass is 15.3. The number of nitrogens with zero attached hydrogens (tertiary/aromatic N) is 5. The highest BCUT2D eigenvalue weighted by molar-refractivity contribution is 5.85. The van der Waals surface area contributed by atoms with E-state index in [0.717, 1.165) is 55.8 Å². The molecule has 0 radical (unpaired) electrons. The van der Waals surface area contributed by atoms with E-state index >= 15 is 0 Å². The number of anilines is 2. The van der Waals surface area contributed by atoms with E-state index in [0.29, 0.717) is 18.0 Å². The highest BCUT2D eigenvalue weighted by Gasteiger charge is 2.21. The van der Waals surface area contributed by atoms with E-state index in [-0.39, 0.29) is 0 Å². The minimum absolute atomic E-state index is 0.300. The molecule has 0 spiro atoms. The Morgan fingerprint density at radius 3 is 2.58 bits per heavy atom. The van der Waals surface area contributed by atoms with Gasteiger partial charge in [-0.2, -0.15) is 9.97 Å². The molecule has 2 aromatic heterocycles. The summed E-state index contributed by atoms with van der Waals surface area (Å²) in [4.78, 5) is 16.9. The lowest BCUT2D eigenvalue weighted by Crippen LogP contribution is -2.27. The molecule has 0 saturated heterocycles. The van der Waals surface area contributed by atoms with Gasteiger partial charge in [-0.25, -0.2) is 4.98 Å². The van der Waals surface area contributed by atoms with Crippen molar-refractivity contribution in [2.45, 2.75) is 79.3 Å². The maximum Gasteiger partial charge on any atom is 0.227 e. The minimum atomic E-state index is 0.300. The third-order valence-corrected chi connectivity index (χ3v) is 5.64. The van der Waals surface area contributed by atoms with Crippen molar-refractivity contribution >= 4 is 22.9 Å². The summed E-state index contributed by atoms with van der Waals surface area (Å²) in [7, 11) is 0. The molecular weight excluding hydrogens is 384 g/mol. The number of fused-ring (bicyclic) bond motifs is 1. The molecule has 6 heteroatoms. The van der Waals surface area contributed by atoms with Crippen LogP contribution in [0.5, 0.6) is 0 Å². The van der Waals surface area contributed by atoms with Gasteiger partial charge in [-0.15, -0.1) is 0 Å². The van der Waals surface area contributed by atoms with Gasteiger partial charge in [0.05, 0.1) is 6.33 Å². The van der Waals surface area contributed by atoms with E-state index in [1.165, 1.54) is 5.57 Å². The average Bonchev–Trinajstić information content (AvgIpc) is 3.19. The van der Waals surface area contributed by atoms with Crippen LogP contribution < -0.4 is 10.2 Å². The van der Waals surface area contributed by atoms with E-state index in [4.69, 9.17) is 15.0 Å². The van der Waals surface area contributed by atoms with Gasteiger partial charge in [0.25, 0.3) is 0 Å². The van der Waals surface area contributed by atoms with Crippen molar-refractivity contribution in [1.82, 2.24) is 19.5 Å². The Labute approximate surface area is 188 Å². The zero-order valence-corrected chi connectivity index (χ0v) is 20.2. The lowest BCUT2D eigenvalue weighted by atomic mass is 10.1.